The highest BCUT2D eigenvalue weighted by Gasteiger charge is 2.48. The van der Waals surface area contributed by atoms with Crippen LogP contribution in [0.1, 0.15) is 75.2 Å². The summed E-state index contributed by atoms with van der Waals surface area (Å²) in [6, 6.07) is 1.96. The lowest BCUT2D eigenvalue weighted by molar-refractivity contribution is -0.174. The number of thioether (sulfide) groups is 2. The summed E-state index contributed by atoms with van der Waals surface area (Å²) in [6.45, 7) is 21.5. The average molecular weight is 702 g/mol. The summed E-state index contributed by atoms with van der Waals surface area (Å²) in [5.74, 6) is -0.0278. The van der Waals surface area contributed by atoms with Crippen molar-refractivity contribution in [3.05, 3.63) is 0 Å². The van der Waals surface area contributed by atoms with E-state index in [9.17, 15) is 19.2 Å². The Hall–Kier alpha value is -0.830. The Balaban J connectivity index is 0. The third kappa shape index (κ3) is 20.3. The number of nitrogens with zero attached hydrogens (tertiary/aromatic N) is 1. The fraction of sp³-hybridized carbons (Fsp3) is 0.828. The summed E-state index contributed by atoms with van der Waals surface area (Å²) in [6.07, 6.45) is 0.455. The van der Waals surface area contributed by atoms with E-state index in [0.717, 1.165) is 0 Å². The van der Waals surface area contributed by atoms with Crippen molar-refractivity contribution in [1.82, 2.24) is 0 Å². The molecule has 11 nitrogen and oxygen atoms in total. The van der Waals surface area contributed by atoms with Crippen LogP contribution in [0.4, 0.5) is 0 Å². The maximum Gasteiger partial charge on any atom is 0.325 e. The smallest absolute Gasteiger partial charge is 0.325 e. The molecule has 0 saturated carbocycles. The van der Waals surface area contributed by atoms with Gasteiger partial charge in [0.05, 0.1) is 52.1 Å². The predicted molar refractivity (Wildman–Crippen MR) is 180 cm³/mol. The molecule has 0 aromatic rings. The van der Waals surface area contributed by atoms with Crippen molar-refractivity contribution in [2.75, 3.05) is 64.5 Å². The van der Waals surface area contributed by atoms with Crippen molar-refractivity contribution in [1.29, 1.82) is 5.26 Å². The van der Waals surface area contributed by atoms with E-state index in [1.54, 1.807) is 27.4 Å². The van der Waals surface area contributed by atoms with Gasteiger partial charge < -0.3 is 27.6 Å². The molecule has 0 fully saturated rings. The Bertz CT molecular complexity index is 852. The second-order valence-electron chi connectivity index (χ2n) is 11.2. The molecule has 0 saturated heterocycles. The van der Waals surface area contributed by atoms with Gasteiger partial charge in [-0.15, -0.1) is 0 Å². The van der Waals surface area contributed by atoms with Gasteiger partial charge in [0.2, 0.25) is 0 Å². The van der Waals surface area contributed by atoms with Crippen LogP contribution >= 0.6 is 40.3 Å². The minimum atomic E-state index is -1.48. The molecule has 44 heavy (non-hydrogen) atoms. The van der Waals surface area contributed by atoms with Gasteiger partial charge >= 0.3 is 11.9 Å². The van der Waals surface area contributed by atoms with Crippen LogP contribution in [0.15, 0.2) is 0 Å². The molecule has 1 atom stereocenters. The Morgan fingerprint density at radius 2 is 1.07 bits per heavy atom. The summed E-state index contributed by atoms with van der Waals surface area (Å²) < 4.78 is 31.9. The van der Waals surface area contributed by atoms with Gasteiger partial charge in [0.1, 0.15) is 0 Å². The largest absolute Gasteiger partial charge is 0.465 e. The molecule has 1 unspecified atom stereocenters. The number of esters is 2. The molecule has 0 aromatic heterocycles. The second-order valence-corrected chi connectivity index (χ2v) is 16.1. The summed E-state index contributed by atoms with van der Waals surface area (Å²) in [4.78, 5) is 47.8. The third-order valence-corrected chi connectivity index (χ3v) is 9.94. The van der Waals surface area contributed by atoms with Crippen LogP contribution in [0.3, 0.4) is 0 Å². The molecule has 0 spiro atoms. The third-order valence-electron chi connectivity index (χ3n) is 5.32. The lowest BCUT2D eigenvalue weighted by atomic mass is 9.86. The maximum atomic E-state index is 12.2. The summed E-state index contributed by atoms with van der Waals surface area (Å²) in [7, 11) is -2.24. The summed E-state index contributed by atoms with van der Waals surface area (Å²) in [5.41, 5.74) is -2.11. The van der Waals surface area contributed by atoms with Gasteiger partial charge in [-0.2, -0.15) is 5.26 Å². The molecule has 0 aliphatic heterocycles. The monoisotopic (exact) mass is 701 g/mol. The summed E-state index contributed by atoms with van der Waals surface area (Å²) in [5, 5.41) is 8.81. The number of hydrogen-bond acceptors (Lipinski definition) is 13. The highest BCUT2D eigenvalue weighted by Crippen LogP contribution is 2.38. The standard InChI is InChI=1S/C15H29O4PS2.C14H24NO6P/c1-14(2,3)12(16)21-10-8-18-20(7)19-9-11-22-13(17)15(4,5)6;1-5-14(12(16)18-6-2,13(17)19-7-3)11-21-22(4)20-10-8-9-15/h8-11H2,1-7H3;5-8,10-11H2,1-4H3. The molecular formula is C29H53NO10P2S2. The van der Waals surface area contributed by atoms with Crippen molar-refractivity contribution in [2.24, 2.45) is 16.2 Å². The molecule has 15 heteroatoms. The van der Waals surface area contributed by atoms with Crippen molar-refractivity contribution in [2.45, 2.75) is 75.2 Å². The molecule has 0 bridgehead atoms. The second kappa shape index (κ2) is 24.4. The van der Waals surface area contributed by atoms with E-state index in [1.165, 1.54) is 23.5 Å². The van der Waals surface area contributed by atoms with E-state index in [0.29, 0.717) is 24.7 Å². The number of hydrogen-bond donors (Lipinski definition) is 0. The van der Waals surface area contributed by atoms with E-state index in [-0.39, 0.29) is 60.3 Å². The van der Waals surface area contributed by atoms with Gasteiger partial charge in [-0.25, -0.2) is 0 Å². The van der Waals surface area contributed by atoms with Crippen molar-refractivity contribution >= 4 is 62.4 Å². The van der Waals surface area contributed by atoms with Gasteiger partial charge in [-0.05, 0) is 20.3 Å². The predicted octanol–water partition coefficient (Wildman–Crippen LogP) is 6.97. The molecule has 256 valence electrons. The highest BCUT2D eigenvalue weighted by atomic mass is 32.2. The molecule has 0 heterocycles. The lowest BCUT2D eigenvalue weighted by Gasteiger charge is -2.28. The molecule has 0 amide bonds. The van der Waals surface area contributed by atoms with E-state index in [4.69, 9.17) is 32.8 Å². The Morgan fingerprint density at radius 1 is 0.682 bits per heavy atom. The Morgan fingerprint density at radius 3 is 1.41 bits per heavy atom. The first-order chi connectivity index (χ1) is 20.4. The van der Waals surface area contributed by atoms with Crippen LogP contribution in [0.25, 0.3) is 0 Å². The van der Waals surface area contributed by atoms with Crippen LogP contribution < -0.4 is 0 Å². The first-order valence-electron chi connectivity index (χ1n) is 14.5. The zero-order valence-corrected chi connectivity index (χ0v) is 31.7. The Labute approximate surface area is 275 Å². The minimum Gasteiger partial charge on any atom is -0.465 e. The first-order valence-corrected chi connectivity index (χ1v) is 19.7. The SMILES string of the molecule is CCOC(=O)C(CC)(COP(C)OCCC#N)C(=O)OCC.CP(OCCSC(=O)C(C)(C)C)OCCSC(=O)C(C)(C)C. The fourth-order valence-electron chi connectivity index (χ4n) is 2.66. The normalized spacial score (nSPS) is 12.5. The van der Waals surface area contributed by atoms with Crippen LogP contribution in [-0.2, 0) is 46.7 Å². The van der Waals surface area contributed by atoms with E-state index in [1.807, 2.05) is 54.3 Å². The minimum absolute atomic E-state index is 0.166. The lowest BCUT2D eigenvalue weighted by Crippen LogP contribution is -2.45. The van der Waals surface area contributed by atoms with E-state index < -0.39 is 34.1 Å². The topological polar surface area (TPSA) is 147 Å². The van der Waals surface area contributed by atoms with Gasteiger partial charge in [-0.3, -0.25) is 19.2 Å². The van der Waals surface area contributed by atoms with E-state index >= 15 is 0 Å². The maximum absolute atomic E-state index is 12.2. The first kappa shape index (κ1) is 45.3. The fourth-order valence-corrected chi connectivity index (χ4v) is 6.07. The molecule has 0 radical (unpaired) electrons. The van der Waals surface area contributed by atoms with Gasteiger partial charge in [-0.1, -0.05) is 72.0 Å². The molecular weight excluding hydrogens is 648 g/mol. The molecule has 0 aliphatic carbocycles. The number of rotatable bonds is 19. The van der Waals surface area contributed by atoms with Crippen molar-refractivity contribution < 1.29 is 46.7 Å². The number of ether oxygens (including phenoxy) is 2. The molecule has 0 N–H and O–H groups in total. The zero-order valence-electron chi connectivity index (χ0n) is 28.3. The zero-order chi connectivity index (χ0) is 34.4. The van der Waals surface area contributed by atoms with Crippen LogP contribution in [0.5, 0.6) is 0 Å². The van der Waals surface area contributed by atoms with Crippen LogP contribution in [-0.4, -0.2) is 86.6 Å². The number of nitriles is 1. The number of carbonyl (C=O) groups is 4. The average Bonchev–Trinajstić information content (AvgIpc) is 2.93. The van der Waals surface area contributed by atoms with Crippen molar-refractivity contribution in [3.8, 4) is 6.07 Å². The molecule has 0 aliphatic rings. The summed E-state index contributed by atoms with van der Waals surface area (Å²) >= 11 is 2.60. The van der Waals surface area contributed by atoms with Crippen molar-refractivity contribution in [3.63, 3.8) is 0 Å². The molecule has 0 rings (SSSR count). The van der Waals surface area contributed by atoms with Gasteiger partial charge in [0.25, 0.3) is 0 Å². The van der Waals surface area contributed by atoms with E-state index in [2.05, 4.69) is 0 Å². The quantitative estimate of drug-likeness (QED) is 0.0591. The van der Waals surface area contributed by atoms with Gasteiger partial charge in [0, 0.05) is 35.7 Å². The Kier molecular flexibility index (Phi) is 25.1. The van der Waals surface area contributed by atoms with Crippen LogP contribution in [0, 0.1) is 27.6 Å². The molecule has 0 aromatic carbocycles. The highest BCUT2D eigenvalue weighted by molar-refractivity contribution is 8.14. The van der Waals surface area contributed by atoms with Gasteiger partial charge in [0.15, 0.2) is 32.4 Å². The van der Waals surface area contributed by atoms with Crippen LogP contribution in [0.2, 0.25) is 0 Å². The number of carbonyl (C=O) groups excluding carboxylic acids is 4.